The number of piperazine rings is 1. The van der Waals surface area contributed by atoms with Gasteiger partial charge in [-0.1, -0.05) is 53.4 Å². The second kappa shape index (κ2) is 12.4. The molecule has 39 heavy (non-hydrogen) atoms. The zero-order valence-electron chi connectivity index (χ0n) is 21.8. The first-order chi connectivity index (χ1) is 19.0. The van der Waals surface area contributed by atoms with Crippen LogP contribution < -0.4 is 10.6 Å². The molecule has 1 fully saturated rings. The van der Waals surface area contributed by atoms with Gasteiger partial charge >= 0.3 is 0 Å². The fraction of sp³-hybridized carbons (Fsp3) is 0.241. The summed E-state index contributed by atoms with van der Waals surface area (Å²) in [5.74, 6) is 0.735. The molecule has 0 bridgehead atoms. The Hall–Kier alpha value is -3.73. The second-order valence-corrected chi connectivity index (χ2v) is 11.7. The number of rotatable bonds is 8. The van der Waals surface area contributed by atoms with Crippen molar-refractivity contribution in [2.45, 2.75) is 29.0 Å². The SMILES string of the molecule is Cc1ccc(Sc2cnc(Nc3ccccn3)s2)cc1C(=O)N1CCN(C(C)C(=O)Nc2ccccc2)CC1. The minimum Gasteiger partial charge on any atom is -0.336 e. The van der Waals surface area contributed by atoms with E-state index in [2.05, 4.69) is 25.5 Å². The van der Waals surface area contributed by atoms with Crippen LogP contribution in [0.25, 0.3) is 0 Å². The van der Waals surface area contributed by atoms with E-state index in [9.17, 15) is 9.59 Å². The Morgan fingerprint density at radius 2 is 1.74 bits per heavy atom. The molecule has 1 atom stereocenters. The lowest BCUT2D eigenvalue weighted by atomic mass is 10.1. The van der Waals surface area contributed by atoms with E-state index in [1.54, 1.807) is 29.3 Å². The molecule has 5 rings (SSSR count). The minimum atomic E-state index is -0.277. The summed E-state index contributed by atoms with van der Waals surface area (Å²) < 4.78 is 1.02. The number of benzene rings is 2. The molecule has 4 aromatic rings. The Kier molecular flexibility index (Phi) is 8.55. The predicted molar refractivity (Wildman–Crippen MR) is 157 cm³/mol. The molecule has 0 saturated carbocycles. The van der Waals surface area contributed by atoms with Crippen LogP contribution in [-0.2, 0) is 4.79 Å². The summed E-state index contributed by atoms with van der Waals surface area (Å²) in [6.45, 7) is 6.34. The summed E-state index contributed by atoms with van der Waals surface area (Å²) in [5.41, 5.74) is 2.44. The van der Waals surface area contributed by atoms with Crippen LogP contribution >= 0.6 is 23.1 Å². The van der Waals surface area contributed by atoms with Crippen LogP contribution in [0.15, 0.2) is 88.2 Å². The molecule has 2 amide bonds. The van der Waals surface area contributed by atoms with Crippen molar-refractivity contribution < 1.29 is 9.59 Å². The molecule has 2 aromatic carbocycles. The maximum atomic E-state index is 13.5. The van der Waals surface area contributed by atoms with Crippen molar-refractivity contribution in [3.63, 3.8) is 0 Å². The number of hydrogen-bond donors (Lipinski definition) is 2. The number of pyridine rings is 1. The van der Waals surface area contributed by atoms with Gasteiger partial charge in [-0.25, -0.2) is 9.97 Å². The molecule has 0 radical (unpaired) electrons. The van der Waals surface area contributed by atoms with Gasteiger partial charge in [0.15, 0.2) is 5.13 Å². The van der Waals surface area contributed by atoms with Crippen LogP contribution in [0, 0.1) is 6.92 Å². The summed E-state index contributed by atoms with van der Waals surface area (Å²) in [7, 11) is 0. The number of carbonyl (C=O) groups is 2. The molecule has 1 unspecified atom stereocenters. The van der Waals surface area contributed by atoms with E-state index in [1.165, 1.54) is 0 Å². The Labute approximate surface area is 236 Å². The third kappa shape index (κ3) is 6.83. The zero-order valence-corrected chi connectivity index (χ0v) is 23.5. The standard InChI is InChI=1S/C29H30N6O2S2/c1-20-11-12-23(38-26-19-31-29(39-26)33-25-10-6-7-13-30-25)18-24(20)28(37)35-16-14-34(15-17-35)21(2)27(36)32-22-8-4-3-5-9-22/h3-13,18-19,21H,14-17H2,1-2H3,(H,32,36)(H,30,31,33). The smallest absolute Gasteiger partial charge is 0.254 e. The number of nitrogens with zero attached hydrogens (tertiary/aromatic N) is 4. The first-order valence-electron chi connectivity index (χ1n) is 12.8. The van der Waals surface area contributed by atoms with Gasteiger partial charge in [0.05, 0.1) is 16.4 Å². The van der Waals surface area contributed by atoms with Gasteiger partial charge in [-0.05, 0) is 55.8 Å². The van der Waals surface area contributed by atoms with E-state index in [0.29, 0.717) is 31.7 Å². The molecule has 3 heterocycles. The van der Waals surface area contributed by atoms with Gasteiger partial charge in [0.25, 0.3) is 5.91 Å². The highest BCUT2D eigenvalue weighted by molar-refractivity contribution is 8.01. The summed E-state index contributed by atoms with van der Waals surface area (Å²) in [6.07, 6.45) is 3.57. The molecule has 2 aromatic heterocycles. The van der Waals surface area contributed by atoms with Crippen LogP contribution in [-0.4, -0.2) is 63.8 Å². The molecule has 8 nitrogen and oxygen atoms in total. The van der Waals surface area contributed by atoms with Crippen LogP contribution in [0.3, 0.4) is 0 Å². The lowest BCUT2D eigenvalue weighted by molar-refractivity contribution is -0.121. The van der Waals surface area contributed by atoms with E-state index < -0.39 is 0 Å². The average Bonchev–Trinajstić information content (AvgIpc) is 3.40. The number of carbonyl (C=O) groups excluding carboxylic acids is 2. The number of anilines is 3. The van der Waals surface area contributed by atoms with Gasteiger partial charge < -0.3 is 15.5 Å². The van der Waals surface area contributed by atoms with Crippen LogP contribution in [0.2, 0.25) is 0 Å². The second-order valence-electron chi connectivity index (χ2n) is 9.26. The molecule has 0 aliphatic carbocycles. The minimum absolute atomic E-state index is 0.0257. The highest BCUT2D eigenvalue weighted by atomic mass is 32.2. The zero-order chi connectivity index (χ0) is 27.2. The molecule has 2 N–H and O–H groups in total. The Bertz CT molecular complexity index is 1420. The maximum absolute atomic E-state index is 13.5. The molecular weight excluding hydrogens is 528 g/mol. The quantitative estimate of drug-likeness (QED) is 0.294. The van der Waals surface area contributed by atoms with Crippen molar-refractivity contribution in [2.24, 2.45) is 0 Å². The number of thiazole rings is 1. The number of para-hydroxylation sites is 1. The summed E-state index contributed by atoms with van der Waals surface area (Å²) in [6, 6.07) is 20.9. The van der Waals surface area contributed by atoms with Crippen molar-refractivity contribution in [1.29, 1.82) is 0 Å². The molecule has 200 valence electrons. The van der Waals surface area contributed by atoms with Gasteiger partial charge in [-0.3, -0.25) is 14.5 Å². The third-order valence-electron chi connectivity index (χ3n) is 6.61. The largest absolute Gasteiger partial charge is 0.336 e. The lowest BCUT2D eigenvalue weighted by Gasteiger charge is -2.37. The highest BCUT2D eigenvalue weighted by Crippen LogP contribution is 2.35. The van der Waals surface area contributed by atoms with E-state index in [4.69, 9.17) is 0 Å². The molecule has 0 spiro atoms. The van der Waals surface area contributed by atoms with Crippen LogP contribution in [0.1, 0.15) is 22.8 Å². The first-order valence-corrected chi connectivity index (χ1v) is 14.4. The fourth-order valence-corrected chi connectivity index (χ4v) is 6.24. The van der Waals surface area contributed by atoms with Gasteiger partial charge in [-0.2, -0.15) is 0 Å². The Morgan fingerprint density at radius 3 is 2.49 bits per heavy atom. The van der Waals surface area contributed by atoms with Gasteiger partial charge in [-0.15, -0.1) is 0 Å². The maximum Gasteiger partial charge on any atom is 0.254 e. The first kappa shape index (κ1) is 26.9. The van der Waals surface area contributed by atoms with Crippen LogP contribution in [0.5, 0.6) is 0 Å². The number of aryl methyl sites for hydroxylation is 1. The van der Waals surface area contributed by atoms with Crippen molar-refractivity contribution >= 4 is 51.5 Å². The number of aromatic nitrogens is 2. The van der Waals surface area contributed by atoms with E-state index in [-0.39, 0.29) is 17.9 Å². The predicted octanol–water partition coefficient (Wildman–Crippen LogP) is 5.53. The van der Waals surface area contributed by atoms with Crippen molar-refractivity contribution in [1.82, 2.24) is 19.8 Å². The fourth-order valence-electron chi connectivity index (χ4n) is 4.34. The molecule has 1 saturated heterocycles. The van der Waals surface area contributed by atoms with Crippen molar-refractivity contribution in [3.05, 3.63) is 90.3 Å². The van der Waals surface area contributed by atoms with Crippen LogP contribution in [0.4, 0.5) is 16.6 Å². The summed E-state index contributed by atoms with van der Waals surface area (Å²) in [5, 5.41) is 6.95. The number of amides is 2. The van der Waals surface area contributed by atoms with Crippen molar-refractivity contribution in [2.75, 3.05) is 36.8 Å². The van der Waals surface area contributed by atoms with E-state index in [0.717, 1.165) is 31.3 Å². The van der Waals surface area contributed by atoms with Gasteiger partial charge in [0, 0.05) is 48.5 Å². The summed E-state index contributed by atoms with van der Waals surface area (Å²) >= 11 is 3.13. The number of hydrogen-bond acceptors (Lipinski definition) is 8. The van der Waals surface area contributed by atoms with Gasteiger partial charge in [0.1, 0.15) is 5.82 Å². The molecule has 1 aliphatic rings. The highest BCUT2D eigenvalue weighted by Gasteiger charge is 2.28. The molecular formula is C29H30N6O2S2. The number of nitrogens with one attached hydrogen (secondary N) is 2. The normalized spacial score (nSPS) is 14.6. The van der Waals surface area contributed by atoms with E-state index >= 15 is 0 Å². The summed E-state index contributed by atoms with van der Waals surface area (Å²) in [4.78, 5) is 39.9. The molecule has 1 aliphatic heterocycles. The topological polar surface area (TPSA) is 90.5 Å². The van der Waals surface area contributed by atoms with Crippen molar-refractivity contribution in [3.8, 4) is 0 Å². The Morgan fingerprint density at radius 1 is 0.974 bits per heavy atom. The van der Waals surface area contributed by atoms with Gasteiger partial charge in [0.2, 0.25) is 5.91 Å². The third-order valence-corrected chi connectivity index (χ3v) is 8.62. The lowest BCUT2D eigenvalue weighted by Crippen LogP contribution is -2.54. The average molecular weight is 559 g/mol. The monoisotopic (exact) mass is 558 g/mol. The van der Waals surface area contributed by atoms with E-state index in [1.807, 2.05) is 91.7 Å². The Balaban J connectivity index is 1.18. The molecule has 10 heteroatoms.